The SMILES string of the molecule is [BH3-]C(F)(F)C(F)(F)F. The van der Waals surface area contributed by atoms with E-state index in [0.29, 0.717) is 0 Å². The summed E-state index contributed by atoms with van der Waals surface area (Å²) >= 11 is 0. The van der Waals surface area contributed by atoms with E-state index in [2.05, 4.69) is 0 Å². The Morgan fingerprint density at radius 3 is 1.00 bits per heavy atom. The van der Waals surface area contributed by atoms with Crippen molar-refractivity contribution in [1.82, 2.24) is 0 Å². The van der Waals surface area contributed by atoms with E-state index in [9.17, 15) is 22.0 Å². The van der Waals surface area contributed by atoms with E-state index in [-0.39, 0.29) is 0 Å². The molecule has 0 rings (SSSR count). The normalized spacial score (nSPS) is 14.2. The highest BCUT2D eigenvalue weighted by molar-refractivity contribution is 6.13. The topological polar surface area (TPSA) is 0 Å². The van der Waals surface area contributed by atoms with Crippen molar-refractivity contribution < 1.29 is 22.0 Å². The van der Waals surface area contributed by atoms with Gasteiger partial charge in [-0.1, -0.05) is 0 Å². The second-order valence-corrected chi connectivity index (χ2v) is 0.758. The molecular weight excluding hydrogens is 130 g/mol. The van der Waals surface area contributed by atoms with Crippen LogP contribution in [0.2, 0.25) is 0 Å². The van der Waals surface area contributed by atoms with Gasteiger partial charge in [0.1, 0.15) is 0 Å². The van der Waals surface area contributed by atoms with Crippen LogP contribution in [-0.2, 0) is 0 Å². The van der Waals surface area contributed by atoms with Crippen LogP contribution < -0.4 is 0 Å². The van der Waals surface area contributed by atoms with Gasteiger partial charge in [-0.2, -0.15) is 13.2 Å². The van der Waals surface area contributed by atoms with Crippen molar-refractivity contribution in [3.05, 3.63) is 0 Å². The summed E-state index contributed by atoms with van der Waals surface area (Å²) in [5, 5.41) is 0. The second kappa shape index (κ2) is 1.60. The second-order valence-electron chi connectivity index (χ2n) is 0.758. The predicted octanol–water partition coefficient (Wildman–Crippen LogP) is 0.507. The van der Waals surface area contributed by atoms with Gasteiger partial charge in [0, 0.05) is 7.85 Å². The van der Waals surface area contributed by atoms with Crippen LogP contribution in [0.3, 0.4) is 0 Å². The molecule has 0 N–H and O–H groups in total. The summed E-state index contributed by atoms with van der Waals surface area (Å²) in [5.41, 5.74) is 0. The van der Waals surface area contributed by atoms with E-state index in [1.165, 1.54) is 0 Å². The molecule has 50 valence electrons. The first kappa shape index (κ1) is 7.71. The van der Waals surface area contributed by atoms with E-state index in [0.717, 1.165) is 0 Å². The molecule has 0 atom stereocenters. The molecule has 0 aliphatic heterocycles. The Balaban J connectivity index is 4.02. The lowest BCUT2D eigenvalue weighted by Gasteiger charge is -2.18. The van der Waals surface area contributed by atoms with Gasteiger partial charge in [-0.25, -0.2) is 8.78 Å². The van der Waals surface area contributed by atoms with Crippen LogP contribution in [0.4, 0.5) is 22.0 Å². The minimum Gasteiger partial charge on any atom is -0.243 e. The predicted molar refractivity (Wildman–Crippen MR) is 20.9 cm³/mol. The van der Waals surface area contributed by atoms with Gasteiger partial charge in [0.05, 0.1) is 0 Å². The van der Waals surface area contributed by atoms with Gasteiger partial charge in [-0.05, 0) is 0 Å². The maximum absolute atomic E-state index is 11.2. The number of alkyl halides is 5. The van der Waals surface area contributed by atoms with Crippen LogP contribution in [0.15, 0.2) is 0 Å². The Bertz CT molecular complexity index is 65.4. The molecule has 0 aliphatic carbocycles. The molecule has 0 aromatic heterocycles. The number of hydrogen-bond donors (Lipinski definition) is 0. The molecule has 0 spiro atoms. The zero-order valence-corrected chi connectivity index (χ0v) is 2.89. The quantitative estimate of drug-likeness (QED) is 0.333. The Morgan fingerprint density at radius 1 is 0.875 bits per heavy atom. The third kappa shape index (κ3) is 1.67. The molecule has 0 aliphatic rings. The van der Waals surface area contributed by atoms with E-state index >= 15 is 0 Å². The molecule has 0 saturated heterocycles. The van der Waals surface area contributed by atoms with E-state index in [1.807, 2.05) is 0 Å². The third-order valence-electron chi connectivity index (χ3n) is 0.214. The summed E-state index contributed by atoms with van der Waals surface area (Å²) in [6.45, 7) is 0. The van der Waals surface area contributed by atoms with Crippen molar-refractivity contribution in [3.8, 4) is 0 Å². The van der Waals surface area contributed by atoms with Crippen LogP contribution in [0, 0.1) is 0 Å². The molecule has 6 heteroatoms. The van der Waals surface area contributed by atoms with Crippen molar-refractivity contribution in [2.45, 2.75) is 12.0 Å². The molecule has 0 saturated carbocycles. The Hall–Kier alpha value is -0.285. The standard InChI is InChI=1S/C2H3BF5/c3-1(4,5)2(6,7)8/h3H3/q-1. The Morgan fingerprint density at radius 2 is 1.00 bits per heavy atom. The largest absolute Gasteiger partial charge is 0.415 e. The number of rotatable bonds is 0. The molecule has 0 bridgehead atoms. The summed E-state index contributed by atoms with van der Waals surface area (Å²) < 4.78 is 55.1. The molecule has 0 radical (unpaired) electrons. The van der Waals surface area contributed by atoms with Gasteiger partial charge in [-0.3, -0.25) is 0 Å². The minimum atomic E-state index is -5.28. The van der Waals surface area contributed by atoms with Gasteiger partial charge >= 0.3 is 6.18 Å². The maximum Gasteiger partial charge on any atom is 0.415 e. The van der Waals surface area contributed by atoms with Crippen molar-refractivity contribution >= 4 is 7.85 Å². The molecule has 0 heterocycles. The fourth-order valence-electron chi connectivity index (χ4n) is 0. The molecule has 0 aromatic carbocycles. The fraction of sp³-hybridized carbons (Fsp3) is 1.00. The zero-order chi connectivity index (χ0) is 7.00. The molecule has 0 fully saturated rings. The highest BCUT2D eigenvalue weighted by Crippen LogP contribution is 2.31. The first-order valence-electron chi connectivity index (χ1n) is 1.19. The minimum absolute atomic E-state index is 1.96. The molecular formula is C2H3BF5-. The van der Waals surface area contributed by atoms with Crippen LogP contribution in [0.1, 0.15) is 0 Å². The average Bonchev–Trinajstić information content (AvgIpc) is 1.25. The monoisotopic (exact) mass is 133 g/mol. The Labute approximate surface area is 43.1 Å². The average molecular weight is 133 g/mol. The molecule has 0 unspecified atom stereocenters. The molecule has 8 heavy (non-hydrogen) atoms. The van der Waals surface area contributed by atoms with Crippen LogP contribution >= 0.6 is 0 Å². The van der Waals surface area contributed by atoms with Crippen molar-refractivity contribution in [3.63, 3.8) is 0 Å². The van der Waals surface area contributed by atoms with Gasteiger partial charge in [0.2, 0.25) is 5.82 Å². The summed E-state index contributed by atoms with van der Waals surface area (Å²) in [6, 6.07) is 0. The van der Waals surface area contributed by atoms with Gasteiger partial charge in [-0.15, -0.1) is 0 Å². The molecule has 0 nitrogen and oxygen atoms in total. The number of halogens is 5. The highest BCUT2D eigenvalue weighted by atomic mass is 19.4. The maximum atomic E-state index is 11.2. The zero-order valence-electron chi connectivity index (χ0n) is 2.89. The lowest BCUT2D eigenvalue weighted by molar-refractivity contribution is -0.242. The third-order valence-corrected chi connectivity index (χ3v) is 0.214. The van der Waals surface area contributed by atoms with Crippen LogP contribution in [-0.4, -0.2) is 19.8 Å². The van der Waals surface area contributed by atoms with Crippen molar-refractivity contribution in [2.24, 2.45) is 0 Å². The lowest BCUT2D eigenvalue weighted by Crippen LogP contribution is -2.36. The van der Waals surface area contributed by atoms with Crippen molar-refractivity contribution in [2.75, 3.05) is 0 Å². The summed E-state index contributed by atoms with van der Waals surface area (Å²) in [5.74, 6) is -4.31. The highest BCUT2D eigenvalue weighted by Gasteiger charge is 2.46. The van der Waals surface area contributed by atoms with Crippen LogP contribution in [0.5, 0.6) is 0 Å². The van der Waals surface area contributed by atoms with Gasteiger partial charge < -0.3 is 0 Å². The number of hydrogen-bond acceptors (Lipinski definition) is 0. The molecule has 0 amide bonds. The Kier molecular flexibility index (Phi) is 1.54. The van der Waals surface area contributed by atoms with Gasteiger partial charge in [0.25, 0.3) is 0 Å². The summed E-state index contributed by atoms with van der Waals surface area (Å²) in [7, 11) is -1.96. The van der Waals surface area contributed by atoms with Crippen LogP contribution in [0.25, 0.3) is 0 Å². The first-order valence-corrected chi connectivity index (χ1v) is 1.19. The van der Waals surface area contributed by atoms with E-state index in [1.54, 1.807) is 0 Å². The fourth-order valence-corrected chi connectivity index (χ4v) is 0. The summed E-state index contributed by atoms with van der Waals surface area (Å²) in [6.07, 6.45) is -5.28. The first-order chi connectivity index (χ1) is 3.25. The van der Waals surface area contributed by atoms with Crippen molar-refractivity contribution in [1.29, 1.82) is 0 Å². The lowest BCUT2D eigenvalue weighted by atomic mass is 9.99. The smallest absolute Gasteiger partial charge is 0.243 e. The summed E-state index contributed by atoms with van der Waals surface area (Å²) in [4.78, 5) is 0. The molecule has 0 aromatic rings. The van der Waals surface area contributed by atoms with Gasteiger partial charge in [0.15, 0.2) is 0 Å². The van der Waals surface area contributed by atoms with E-state index in [4.69, 9.17) is 0 Å². The van der Waals surface area contributed by atoms with E-state index < -0.39 is 19.8 Å².